The molecular weight excluding hydrogens is 259 g/mol. The van der Waals surface area contributed by atoms with Crippen molar-refractivity contribution in [3.63, 3.8) is 0 Å². The summed E-state index contributed by atoms with van der Waals surface area (Å²) in [5.41, 5.74) is 6.69. The van der Waals surface area contributed by atoms with Crippen LogP contribution in [0, 0.1) is 5.82 Å². The summed E-state index contributed by atoms with van der Waals surface area (Å²) in [6, 6.07) is 5.93. The smallest absolute Gasteiger partial charge is 0.123 e. The van der Waals surface area contributed by atoms with Gasteiger partial charge in [0.1, 0.15) is 11.6 Å². The topological polar surface area (TPSA) is 66.0 Å². The second-order valence-electron chi connectivity index (χ2n) is 4.58. The molecule has 0 amide bonds. The largest absolute Gasteiger partial charge is 0.494 e. The van der Waals surface area contributed by atoms with Crippen molar-refractivity contribution in [1.82, 2.24) is 15.0 Å². The molecule has 0 bridgehead atoms. The molecule has 0 aliphatic carbocycles. The van der Waals surface area contributed by atoms with Gasteiger partial charge in [0.15, 0.2) is 0 Å². The molecule has 1 aromatic heterocycles. The second-order valence-corrected chi connectivity index (χ2v) is 4.58. The summed E-state index contributed by atoms with van der Waals surface area (Å²) in [7, 11) is 0. The van der Waals surface area contributed by atoms with Gasteiger partial charge in [-0.15, -0.1) is 5.10 Å². The highest BCUT2D eigenvalue weighted by atomic mass is 19.1. The summed E-state index contributed by atoms with van der Waals surface area (Å²) >= 11 is 0. The first kappa shape index (κ1) is 14.5. The van der Waals surface area contributed by atoms with Crippen LogP contribution in [0.1, 0.15) is 31.5 Å². The molecule has 6 heteroatoms. The third-order valence-electron chi connectivity index (χ3n) is 2.99. The van der Waals surface area contributed by atoms with Crippen LogP contribution in [-0.2, 0) is 6.54 Å². The van der Waals surface area contributed by atoms with Gasteiger partial charge >= 0.3 is 0 Å². The monoisotopic (exact) mass is 278 g/mol. The van der Waals surface area contributed by atoms with E-state index in [2.05, 4.69) is 10.3 Å². The number of ether oxygens (including phenoxy) is 1. The fraction of sp³-hybridized carbons (Fsp3) is 0.429. The van der Waals surface area contributed by atoms with Crippen LogP contribution in [0.15, 0.2) is 30.5 Å². The molecule has 0 fully saturated rings. The van der Waals surface area contributed by atoms with E-state index in [9.17, 15) is 4.39 Å². The Morgan fingerprint density at radius 1 is 1.35 bits per heavy atom. The van der Waals surface area contributed by atoms with E-state index < -0.39 is 0 Å². The summed E-state index contributed by atoms with van der Waals surface area (Å²) in [5.74, 6) is 0.401. The van der Waals surface area contributed by atoms with Crippen LogP contribution in [0.25, 0.3) is 0 Å². The van der Waals surface area contributed by atoms with Crippen molar-refractivity contribution >= 4 is 0 Å². The van der Waals surface area contributed by atoms with E-state index in [1.54, 1.807) is 16.8 Å². The van der Waals surface area contributed by atoms with Crippen LogP contribution in [0.4, 0.5) is 4.39 Å². The Kier molecular flexibility index (Phi) is 5.06. The van der Waals surface area contributed by atoms with Gasteiger partial charge in [0.05, 0.1) is 24.5 Å². The summed E-state index contributed by atoms with van der Waals surface area (Å²) in [6.07, 6.45) is 3.50. The lowest BCUT2D eigenvalue weighted by Crippen LogP contribution is -2.09. The summed E-state index contributed by atoms with van der Waals surface area (Å²) in [6.45, 7) is 3.27. The first-order valence-corrected chi connectivity index (χ1v) is 6.73. The molecule has 0 radical (unpaired) electrons. The lowest BCUT2D eigenvalue weighted by molar-refractivity contribution is 0.297. The molecule has 2 N–H and O–H groups in total. The summed E-state index contributed by atoms with van der Waals surface area (Å²) in [5, 5.41) is 8.06. The SMILES string of the molecule is CCC(N)c1cn(CCCOc2ccc(F)cc2)nn1. The van der Waals surface area contributed by atoms with Crippen molar-refractivity contribution in [2.75, 3.05) is 6.61 Å². The maximum absolute atomic E-state index is 12.7. The van der Waals surface area contributed by atoms with Gasteiger partial charge in [0, 0.05) is 13.0 Å². The zero-order chi connectivity index (χ0) is 14.4. The molecule has 20 heavy (non-hydrogen) atoms. The zero-order valence-corrected chi connectivity index (χ0v) is 11.5. The fourth-order valence-electron chi connectivity index (χ4n) is 1.75. The fourth-order valence-corrected chi connectivity index (χ4v) is 1.75. The molecule has 2 aromatic rings. The minimum Gasteiger partial charge on any atom is -0.494 e. The highest BCUT2D eigenvalue weighted by molar-refractivity contribution is 5.21. The molecule has 1 atom stereocenters. The number of hydrogen-bond acceptors (Lipinski definition) is 4. The van der Waals surface area contributed by atoms with E-state index in [1.165, 1.54) is 12.1 Å². The predicted octanol–water partition coefficient (Wildman–Crippen LogP) is 2.30. The van der Waals surface area contributed by atoms with Crippen LogP contribution in [-0.4, -0.2) is 21.6 Å². The minimum atomic E-state index is -0.264. The maximum Gasteiger partial charge on any atom is 0.123 e. The van der Waals surface area contributed by atoms with E-state index in [-0.39, 0.29) is 11.9 Å². The van der Waals surface area contributed by atoms with Crippen LogP contribution in [0.2, 0.25) is 0 Å². The molecule has 2 rings (SSSR count). The molecular formula is C14H19FN4O. The number of hydrogen-bond donors (Lipinski definition) is 1. The molecule has 5 nitrogen and oxygen atoms in total. The third-order valence-corrected chi connectivity index (χ3v) is 2.99. The van der Waals surface area contributed by atoms with E-state index in [4.69, 9.17) is 10.5 Å². The van der Waals surface area contributed by atoms with Gasteiger partial charge in [0.25, 0.3) is 0 Å². The summed E-state index contributed by atoms with van der Waals surface area (Å²) < 4.78 is 20.0. The van der Waals surface area contributed by atoms with Gasteiger partial charge in [-0.25, -0.2) is 4.39 Å². The van der Waals surface area contributed by atoms with E-state index in [0.29, 0.717) is 18.9 Å². The Bertz CT molecular complexity index is 526. The first-order chi connectivity index (χ1) is 9.69. The number of rotatable bonds is 7. The minimum absolute atomic E-state index is 0.0563. The van der Waals surface area contributed by atoms with Gasteiger partial charge in [-0.05, 0) is 30.7 Å². The van der Waals surface area contributed by atoms with E-state index >= 15 is 0 Å². The van der Waals surface area contributed by atoms with Crippen LogP contribution in [0.3, 0.4) is 0 Å². The average Bonchev–Trinajstić information content (AvgIpc) is 2.93. The predicted molar refractivity (Wildman–Crippen MR) is 73.8 cm³/mol. The second kappa shape index (κ2) is 7.00. The zero-order valence-electron chi connectivity index (χ0n) is 11.5. The maximum atomic E-state index is 12.7. The molecule has 1 unspecified atom stereocenters. The summed E-state index contributed by atoms with van der Waals surface area (Å²) in [4.78, 5) is 0. The Morgan fingerprint density at radius 3 is 2.80 bits per heavy atom. The Balaban J connectivity index is 1.73. The first-order valence-electron chi connectivity index (χ1n) is 6.73. The molecule has 0 saturated heterocycles. The lowest BCUT2D eigenvalue weighted by atomic mass is 10.2. The Labute approximate surface area is 117 Å². The van der Waals surface area contributed by atoms with Gasteiger partial charge < -0.3 is 10.5 Å². The lowest BCUT2D eigenvalue weighted by Gasteiger charge is -2.05. The number of benzene rings is 1. The Hall–Kier alpha value is -1.95. The number of aromatic nitrogens is 3. The van der Waals surface area contributed by atoms with Crippen molar-refractivity contribution in [2.45, 2.75) is 32.4 Å². The molecule has 108 valence electrons. The normalized spacial score (nSPS) is 12.3. The molecule has 1 aromatic carbocycles. The number of nitrogens with zero attached hydrogens (tertiary/aromatic N) is 3. The van der Waals surface area contributed by atoms with Gasteiger partial charge in [-0.3, -0.25) is 4.68 Å². The van der Waals surface area contributed by atoms with Crippen molar-refractivity contribution in [3.8, 4) is 5.75 Å². The van der Waals surface area contributed by atoms with Gasteiger partial charge in [-0.1, -0.05) is 12.1 Å². The molecule has 0 spiro atoms. The van der Waals surface area contributed by atoms with Crippen LogP contribution >= 0.6 is 0 Å². The highest BCUT2D eigenvalue weighted by Crippen LogP contribution is 2.12. The van der Waals surface area contributed by atoms with Gasteiger partial charge in [0.2, 0.25) is 0 Å². The van der Waals surface area contributed by atoms with Crippen LogP contribution in [0.5, 0.6) is 5.75 Å². The molecule has 0 aliphatic rings. The quantitative estimate of drug-likeness (QED) is 0.789. The van der Waals surface area contributed by atoms with Crippen molar-refractivity contribution in [1.29, 1.82) is 0 Å². The third kappa shape index (κ3) is 4.03. The van der Waals surface area contributed by atoms with E-state index in [0.717, 1.165) is 18.5 Å². The van der Waals surface area contributed by atoms with Crippen LogP contribution < -0.4 is 10.5 Å². The molecule has 0 saturated carbocycles. The van der Waals surface area contributed by atoms with E-state index in [1.807, 2.05) is 13.1 Å². The number of aryl methyl sites for hydroxylation is 1. The Morgan fingerprint density at radius 2 is 2.10 bits per heavy atom. The average molecular weight is 278 g/mol. The molecule has 1 heterocycles. The van der Waals surface area contributed by atoms with Gasteiger partial charge in [-0.2, -0.15) is 0 Å². The highest BCUT2D eigenvalue weighted by Gasteiger charge is 2.07. The van der Waals surface area contributed by atoms with Crippen molar-refractivity contribution in [2.24, 2.45) is 5.73 Å². The van der Waals surface area contributed by atoms with Crippen molar-refractivity contribution in [3.05, 3.63) is 42.0 Å². The standard InChI is InChI=1S/C14H19FN4O/c1-2-13(16)14-10-19(18-17-14)8-3-9-20-12-6-4-11(15)5-7-12/h4-7,10,13H,2-3,8-9,16H2,1H3. The number of halogens is 1. The van der Waals surface area contributed by atoms with Crippen molar-refractivity contribution < 1.29 is 9.13 Å². The number of nitrogens with two attached hydrogens (primary N) is 1. The molecule has 0 aliphatic heterocycles.